The van der Waals surface area contributed by atoms with Gasteiger partial charge in [-0.3, -0.25) is 14.9 Å². The average Bonchev–Trinajstić information content (AvgIpc) is 3.08. The highest BCUT2D eigenvalue weighted by Crippen LogP contribution is 2.28. The van der Waals surface area contributed by atoms with Crippen molar-refractivity contribution in [1.29, 1.82) is 0 Å². The molecule has 0 bridgehead atoms. The molecule has 0 fully saturated rings. The number of hydrogen-bond acceptors (Lipinski definition) is 7. The summed E-state index contributed by atoms with van der Waals surface area (Å²) in [5, 5.41) is 23.4. The maximum absolute atomic E-state index is 11.3. The molecular weight excluding hydrogens is 356 g/mol. The zero-order valence-electron chi connectivity index (χ0n) is 13.7. The van der Waals surface area contributed by atoms with E-state index in [-0.39, 0.29) is 17.0 Å². The van der Waals surface area contributed by atoms with Gasteiger partial charge < -0.3 is 5.73 Å². The lowest BCUT2D eigenvalue weighted by molar-refractivity contribution is -0.385. The van der Waals surface area contributed by atoms with E-state index in [9.17, 15) is 14.9 Å². The Bertz CT molecular complexity index is 970. The maximum Gasteiger partial charge on any atom is 0.274 e. The van der Waals surface area contributed by atoms with Gasteiger partial charge in [-0.15, -0.1) is 5.10 Å². The molecule has 2 N–H and O–H groups in total. The number of rotatable bonds is 6. The Morgan fingerprint density at radius 3 is 2.65 bits per heavy atom. The number of carbonyl (C=O) groups excluding carboxylic acids is 1. The number of aryl methyl sites for hydroxylation is 1. The molecule has 0 radical (unpaired) electrons. The molecule has 0 saturated carbocycles. The van der Waals surface area contributed by atoms with Crippen LogP contribution in [0.5, 0.6) is 0 Å². The molecule has 2 aromatic carbocycles. The average molecular weight is 370 g/mol. The first-order chi connectivity index (χ1) is 12.5. The number of nitro benzene ring substituents is 1. The van der Waals surface area contributed by atoms with E-state index in [4.69, 9.17) is 5.73 Å². The number of nitro groups is 1. The smallest absolute Gasteiger partial charge is 0.274 e. The highest BCUT2D eigenvalue weighted by atomic mass is 32.2. The first kappa shape index (κ1) is 17.5. The first-order valence-corrected chi connectivity index (χ1v) is 8.49. The van der Waals surface area contributed by atoms with Gasteiger partial charge in [0.05, 0.1) is 10.6 Å². The number of thioether (sulfide) groups is 1. The van der Waals surface area contributed by atoms with Crippen LogP contribution >= 0.6 is 11.8 Å². The van der Waals surface area contributed by atoms with Gasteiger partial charge in [0.15, 0.2) is 0 Å². The third-order valence-electron chi connectivity index (χ3n) is 3.64. The number of hydrogen-bond donors (Lipinski definition) is 1. The van der Waals surface area contributed by atoms with Crippen molar-refractivity contribution in [3.05, 3.63) is 69.3 Å². The van der Waals surface area contributed by atoms with E-state index in [0.29, 0.717) is 10.7 Å². The lowest BCUT2D eigenvalue weighted by Gasteiger charge is -2.06. The Balaban J connectivity index is 1.84. The number of tetrazole rings is 1. The summed E-state index contributed by atoms with van der Waals surface area (Å²) in [6, 6.07) is 11.8. The van der Waals surface area contributed by atoms with Crippen LogP contribution in [0.3, 0.4) is 0 Å². The highest BCUT2D eigenvalue weighted by molar-refractivity contribution is 7.98. The molecule has 0 aliphatic carbocycles. The van der Waals surface area contributed by atoms with Gasteiger partial charge in [-0.1, -0.05) is 35.5 Å². The molecule has 26 heavy (non-hydrogen) atoms. The van der Waals surface area contributed by atoms with E-state index in [2.05, 4.69) is 15.5 Å². The van der Waals surface area contributed by atoms with Crippen LogP contribution in [-0.2, 0) is 5.75 Å². The Kier molecular flexibility index (Phi) is 4.94. The molecule has 132 valence electrons. The van der Waals surface area contributed by atoms with Crippen LogP contribution in [0, 0.1) is 17.0 Å². The van der Waals surface area contributed by atoms with Gasteiger partial charge in [0, 0.05) is 22.9 Å². The normalized spacial score (nSPS) is 10.7. The molecule has 0 atom stereocenters. The van der Waals surface area contributed by atoms with Gasteiger partial charge in [-0.2, -0.15) is 4.68 Å². The number of nitrogens with two attached hydrogens (primary N) is 1. The fourth-order valence-corrected chi connectivity index (χ4v) is 3.16. The Hall–Kier alpha value is -3.27. The number of benzene rings is 2. The van der Waals surface area contributed by atoms with Crippen molar-refractivity contribution in [2.24, 2.45) is 5.73 Å². The fourth-order valence-electron chi connectivity index (χ4n) is 2.27. The monoisotopic (exact) mass is 370 g/mol. The first-order valence-electron chi connectivity index (χ1n) is 7.51. The van der Waals surface area contributed by atoms with Gasteiger partial charge in [0.25, 0.3) is 5.69 Å². The van der Waals surface area contributed by atoms with Gasteiger partial charge in [-0.05, 0) is 35.5 Å². The van der Waals surface area contributed by atoms with Crippen LogP contribution in [0.2, 0.25) is 0 Å². The molecule has 3 rings (SSSR count). The summed E-state index contributed by atoms with van der Waals surface area (Å²) in [5.41, 5.74) is 7.46. The number of aromatic nitrogens is 4. The van der Waals surface area contributed by atoms with Gasteiger partial charge in [0.2, 0.25) is 11.1 Å². The van der Waals surface area contributed by atoms with Crippen LogP contribution in [0.4, 0.5) is 5.69 Å². The van der Waals surface area contributed by atoms with E-state index >= 15 is 0 Å². The van der Waals surface area contributed by atoms with Crippen LogP contribution < -0.4 is 5.73 Å². The van der Waals surface area contributed by atoms with Crippen molar-refractivity contribution >= 4 is 23.4 Å². The third-order valence-corrected chi connectivity index (χ3v) is 4.61. The minimum absolute atomic E-state index is 0.0925. The Labute approximate surface area is 152 Å². The van der Waals surface area contributed by atoms with Crippen molar-refractivity contribution in [2.75, 3.05) is 0 Å². The molecule has 1 aromatic heterocycles. The molecule has 0 aliphatic heterocycles. The van der Waals surface area contributed by atoms with Crippen LogP contribution in [0.15, 0.2) is 47.6 Å². The Morgan fingerprint density at radius 1 is 1.27 bits per heavy atom. The Morgan fingerprint density at radius 2 is 2.00 bits per heavy atom. The van der Waals surface area contributed by atoms with E-state index in [1.165, 1.54) is 30.0 Å². The van der Waals surface area contributed by atoms with Gasteiger partial charge in [-0.25, -0.2) is 0 Å². The lowest BCUT2D eigenvalue weighted by atomic mass is 10.1. The zero-order valence-corrected chi connectivity index (χ0v) is 14.5. The minimum atomic E-state index is -0.712. The molecule has 9 nitrogen and oxygen atoms in total. The summed E-state index contributed by atoms with van der Waals surface area (Å²) in [5.74, 6) is -0.447. The van der Waals surface area contributed by atoms with E-state index in [0.717, 1.165) is 11.3 Å². The number of nitrogens with zero attached hydrogens (tertiary/aromatic N) is 5. The maximum atomic E-state index is 11.3. The van der Waals surface area contributed by atoms with E-state index < -0.39 is 10.8 Å². The molecule has 0 aliphatic rings. The summed E-state index contributed by atoms with van der Waals surface area (Å²) in [4.78, 5) is 22.0. The summed E-state index contributed by atoms with van der Waals surface area (Å²) < 4.78 is 1.56. The zero-order chi connectivity index (χ0) is 18.7. The largest absolute Gasteiger partial charge is 0.366 e. The number of carbonyl (C=O) groups is 1. The summed E-state index contributed by atoms with van der Waals surface area (Å²) >= 11 is 1.26. The van der Waals surface area contributed by atoms with Crippen LogP contribution in [0.25, 0.3) is 5.69 Å². The topological polar surface area (TPSA) is 130 Å². The fraction of sp³-hybridized carbons (Fsp3) is 0.125. The van der Waals surface area contributed by atoms with Crippen molar-refractivity contribution < 1.29 is 9.72 Å². The number of primary amides is 1. The summed E-state index contributed by atoms with van der Waals surface area (Å²) in [6.07, 6.45) is 0. The number of amides is 1. The standard InChI is InChI=1S/C16H14N6O3S/c1-10-2-6-13(7-3-10)21-16(18-19-20-21)26-9-12-5-4-11(15(17)23)8-14(12)22(24)25/h2-8H,9H2,1H3,(H2,17,23). The molecule has 0 spiro atoms. The SMILES string of the molecule is Cc1ccc(-n2nnnc2SCc2ccc(C(N)=O)cc2[N+](=O)[O-])cc1. The third kappa shape index (κ3) is 3.70. The second kappa shape index (κ2) is 7.31. The van der Waals surface area contributed by atoms with Crippen molar-refractivity contribution in [3.63, 3.8) is 0 Å². The quantitative estimate of drug-likeness (QED) is 0.400. The highest BCUT2D eigenvalue weighted by Gasteiger charge is 2.18. The van der Waals surface area contributed by atoms with Gasteiger partial charge in [0.1, 0.15) is 0 Å². The van der Waals surface area contributed by atoms with Crippen molar-refractivity contribution in [1.82, 2.24) is 20.2 Å². The predicted octanol–water partition coefficient (Wildman–Crippen LogP) is 2.27. The minimum Gasteiger partial charge on any atom is -0.366 e. The molecule has 0 unspecified atom stereocenters. The lowest BCUT2D eigenvalue weighted by Crippen LogP contribution is -2.11. The van der Waals surface area contributed by atoms with E-state index in [1.54, 1.807) is 4.68 Å². The molecule has 1 amide bonds. The molecule has 3 aromatic rings. The molecule has 10 heteroatoms. The molecule has 0 saturated heterocycles. The van der Waals surface area contributed by atoms with Crippen molar-refractivity contribution in [2.45, 2.75) is 17.8 Å². The summed E-state index contributed by atoms with van der Waals surface area (Å²) in [6.45, 7) is 1.98. The van der Waals surface area contributed by atoms with E-state index in [1.807, 2.05) is 31.2 Å². The van der Waals surface area contributed by atoms with Crippen molar-refractivity contribution in [3.8, 4) is 5.69 Å². The predicted molar refractivity (Wildman–Crippen MR) is 95.1 cm³/mol. The van der Waals surface area contributed by atoms with Gasteiger partial charge >= 0.3 is 0 Å². The summed E-state index contributed by atoms with van der Waals surface area (Å²) in [7, 11) is 0. The van der Waals surface area contributed by atoms with Crippen LogP contribution in [-0.4, -0.2) is 31.0 Å². The second-order valence-corrected chi connectivity index (χ2v) is 6.40. The van der Waals surface area contributed by atoms with Crippen LogP contribution in [0.1, 0.15) is 21.5 Å². The molecule has 1 heterocycles. The second-order valence-electron chi connectivity index (χ2n) is 5.46. The molecular formula is C16H14N6O3S.